The van der Waals surface area contributed by atoms with Crippen molar-refractivity contribution >= 4 is 22.6 Å². The Labute approximate surface area is 118 Å². The molecule has 0 amide bonds. The van der Waals surface area contributed by atoms with Gasteiger partial charge in [0.25, 0.3) is 0 Å². The van der Waals surface area contributed by atoms with Gasteiger partial charge in [0.15, 0.2) is 5.17 Å². The molecular weight excluding hydrogens is 258 g/mol. The molecule has 0 spiro atoms. The van der Waals surface area contributed by atoms with Gasteiger partial charge in [-0.05, 0) is 50.6 Å². The van der Waals surface area contributed by atoms with Crippen LogP contribution in [0.2, 0.25) is 0 Å². The third-order valence-electron chi connectivity index (χ3n) is 2.49. The van der Waals surface area contributed by atoms with Gasteiger partial charge in [-0.3, -0.25) is 10.4 Å². The van der Waals surface area contributed by atoms with Crippen molar-refractivity contribution < 1.29 is 4.74 Å². The van der Waals surface area contributed by atoms with Gasteiger partial charge in [-0.15, -0.1) is 0 Å². The summed E-state index contributed by atoms with van der Waals surface area (Å²) in [5, 5.41) is 5.27. The van der Waals surface area contributed by atoms with E-state index >= 15 is 0 Å². The van der Waals surface area contributed by atoms with E-state index in [1.54, 1.807) is 18.9 Å². The van der Waals surface area contributed by atoms with Crippen molar-refractivity contribution in [2.75, 3.05) is 12.9 Å². The van der Waals surface area contributed by atoms with Gasteiger partial charge in [0.2, 0.25) is 0 Å². The fraction of sp³-hybridized carbons (Fsp3) is 0.429. The largest absolute Gasteiger partial charge is 0.497 e. The van der Waals surface area contributed by atoms with Gasteiger partial charge < -0.3 is 4.74 Å². The third kappa shape index (κ3) is 3.99. The molecule has 1 aliphatic rings. The summed E-state index contributed by atoms with van der Waals surface area (Å²) in [6.45, 7) is 6.22. The lowest BCUT2D eigenvalue weighted by Gasteiger charge is -2.19. The van der Waals surface area contributed by atoms with Gasteiger partial charge in [0.05, 0.1) is 18.4 Å². The minimum Gasteiger partial charge on any atom is -0.497 e. The minimum absolute atomic E-state index is 0.0809. The standard InChI is InChI=1S/C14H19N3OS/c1-14(2,3)15-13-17-16-12(9-19-13)10-5-7-11(18-4)8-6-10/h5-8H,9H2,1-4H3,(H,15,17). The molecule has 19 heavy (non-hydrogen) atoms. The van der Waals surface area contributed by atoms with Crippen molar-refractivity contribution in [3.05, 3.63) is 29.8 Å². The maximum absolute atomic E-state index is 5.15. The molecular formula is C14H19N3OS. The number of amidine groups is 1. The molecule has 1 aliphatic heterocycles. The highest BCUT2D eigenvalue weighted by atomic mass is 32.2. The van der Waals surface area contributed by atoms with E-state index in [0.29, 0.717) is 0 Å². The number of benzene rings is 1. The van der Waals surface area contributed by atoms with Crippen LogP contribution in [0.1, 0.15) is 26.3 Å². The van der Waals surface area contributed by atoms with E-state index < -0.39 is 0 Å². The number of aliphatic imine (C=N–C) groups is 1. The second-order valence-corrected chi connectivity index (χ2v) is 6.24. The molecule has 0 atom stereocenters. The third-order valence-corrected chi connectivity index (χ3v) is 3.37. The molecule has 0 radical (unpaired) electrons. The van der Waals surface area contributed by atoms with Crippen molar-refractivity contribution in [3.8, 4) is 5.75 Å². The average molecular weight is 277 g/mol. The fourth-order valence-corrected chi connectivity index (χ4v) is 2.56. The number of hydrazone groups is 1. The molecule has 1 aromatic carbocycles. The van der Waals surface area contributed by atoms with E-state index in [1.165, 1.54) is 0 Å². The number of thioether (sulfide) groups is 1. The van der Waals surface area contributed by atoms with E-state index in [2.05, 4.69) is 36.3 Å². The molecule has 0 unspecified atom stereocenters. The van der Waals surface area contributed by atoms with E-state index in [4.69, 9.17) is 4.74 Å². The molecule has 1 heterocycles. The first-order valence-corrected chi connectivity index (χ1v) is 7.16. The minimum atomic E-state index is -0.0809. The van der Waals surface area contributed by atoms with E-state index in [1.807, 2.05) is 24.3 Å². The van der Waals surface area contributed by atoms with E-state index in [0.717, 1.165) is 27.9 Å². The SMILES string of the molecule is COc1ccc(C2=NNC(=NC(C)(C)C)SC2)cc1. The van der Waals surface area contributed by atoms with Crippen molar-refractivity contribution in [3.63, 3.8) is 0 Å². The quantitative estimate of drug-likeness (QED) is 0.904. The Morgan fingerprint density at radius 1 is 1.26 bits per heavy atom. The average Bonchev–Trinajstić information content (AvgIpc) is 2.38. The van der Waals surface area contributed by atoms with Crippen LogP contribution >= 0.6 is 11.8 Å². The van der Waals surface area contributed by atoms with Gasteiger partial charge in [-0.25, -0.2) is 0 Å². The first-order chi connectivity index (χ1) is 8.98. The Morgan fingerprint density at radius 2 is 1.95 bits per heavy atom. The zero-order chi connectivity index (χ0) is 13.9. The number of hydrogen-bond acceptors (Lipinski definition) is 4. The summed E-state index contributed by atoms with van der Waals surface area (Å²) in [5.74, 6) is 1.68. The second-order valence-electron chi connectivity index (χ2n) is 5.28. The number of hydrogen-bond donors (Lipinski definition) is 1. The van der Waals surface area contributed by atoms with Gasteiger partial charge in [0, 0.05) is 5.75 Å². The van der Waals surface area contributed by atoms with Gasteiger partial charge in [-0.1, -0.05) is 11.8 Å². The second kappa shape index (κ2) is 5.65. The molecule has 1 N–H and O–H groups in total. The van der Waals surface area contributed by atoms with Gasteiger partial charge >= 0.3 is 0 Å². The fourth-order valence-electron chi connectivity index (χ4n) is 1.61. The highest BCUT2D eigenvalue weighted by Crippen LogP contribution is 2.18. The predicted molar refractivity (Wildman–Crippen MR) is 82.3 cm³/mol. The summed E-state index contributed by atoms with van der Waals surface area (Å²) in [7, 11) is 1.67. The van der Waals surface area contributed by atoms with Crippen molar-refractivity contribution in [2.24, 2.45) is 10.1 Å². The van der Waals surface area contributed by atoms with Gasteiger partial charge in [-0.2, -0.15) is 5.10 Å². The number of methoxy groups -OCH3 is 1. The lowest BCUT2D eigenvalue weighted by atomic mass is 10.1. The molecule has 5 heteroatoms. The molecule has 102 valence electrons. The maximum atomic E-state index is 5.15. The van der Waals surface area contributed by atoms with Crippen LogP contribution in [0.5, 0.6) is 5.75 Å². The topological polar surface area (TPSA) is 46.0 Å². The normalized spacial score (nSPS) is 17.9. The van der Waals surface area contributed by atoms with E-state index in [9.17, 15) is 0 Å². The van der Waals surface area contributed by atoms with Crippen molar-refractivity contribution in [1.29, 1.82) is 0 Å². The molecule has 2 rings (SSSR count). The molecule has 1 aromatic rings. The highest BCUT2D eigenvalue weighted by Gasteiger charge is 2.16. The summed E-state index contributed by atoms with van der Waals surface area (Å²) >= 11 is 1.68. The van der Waals surface area contributed by atoms with Crippen LogP contribution in [-0.4, -0.2) is 29.3 Å². The maximum Gasteiger partial charge on any atom is 0.178 e. The van der Waals surface area contributed by atoms with Crippen LogP contribution in [0.4, 0.5) is 0 Å². The summed E-state index contributed by atoms with van der Waals surface area (Å²) in [4.78, 5) is 4.57. The first kappa shape index (κ1) is 13.9. The Morgan fingerprint density at radius 3 is 2.42 bits per heavy atom. The van der Waals surface area contributed by atoms with Crippen LogP contribution < -0.4 is 10.2 Å². The molecule has 4 nitrogen and oxygen atoms in total. The monoisotopic (exact) mass is 277 g/mol. The zero-order valence-corrected chi connectivity index (χ0v) is 12.5. The Bertz CT molecular complexity index is 500. The number of ether oxygens (including phenoxy) is 1. The summed E-state index contributed by atoms with van der Waals surface area (Å²) in [6, 6.07) is 7.93. The lowest BCUT2D eigenvalue weighted by molar-refractivity contribution is 0.415. The predicted octanol–water partition coefficient (Wildman–Crippen LogP) is 2.89. The molecule has 0 aliphatic carbocycles. The Balaban J connectivity index is 2.10. The van der Waals surface area contributed by atoms with E-state index in [-0.39, 0.29) is 5.54 Å². The van der Waals surface area contributed by atoms with Crippen LogP contribution in [0.3, 0.4) is 0 Å². The van der Waals surface area contributed by atoms with Gasteiger partial charge in [0.1, 0.15) is 5.75 Å². The molecule has 0 fully saturated rings. The number of rotatable bonds is 2. The smallest absolute Gasteiger partial charge is 0.178 e. The van der Waals surface area contributed by atoms with Crippen molar-refractivity contribution in [1.82, 2.24) is 5.43 Å². The lowest BCUT2D eigenvalue weighted by Crippen LogP contribution is -2.28. The van der Waals surface area contributed by atoms with Crippen LogP contribution in [0, 0.1) is 0 Å². The Hall–Kier alpha value is -1.49. The Kier molecular flexibility index (Phi) is 4.14. The zero-order valence-electron chi connectivity index (χ0n) is 11.7. The first-order valence-electron chi connectivity index (χ1n) is 6.17. The summed E-state index contributed by atoms with van der Waals surface area (Å²) in [6.07, 6.45) is 0. The van der Waals surface area contributed by atoms with Crippen LogP contribution in [0.15, 0.2) is 34.4 Å². The summed E-state index contributed by atoms with van der Waals surface area (Å²) < 4.78 is 5.15. The molecule has 0 bridgehead atoms. The number of nitrogens with one attached hydrogen (secondary N) is 1. The molecule has 0 aromatic heterocycles. The summed E-state index contributed by atoms with van der Waals surface area (Å²) in [5.41, 5.74) is 5.08. The number of nitrogens with zero attached hydrogens (tertiary/aromatic N) is 2. The van der Waals surface area contributed by atoms with Crippen molar-refractivity contribution in [2.45, 2.75) is 26.3 Å². The van der Waals surface area contributed by atoms with Crippen LogP contribution in [0.25, 0.3) is 0 Å². The molecule has 0 saturated heterocycles. The highest BCUT2D eigenvalue weighted by molar-refractivity contribution is 8.14. The molecule has 0 saturated carbocycles. The van der Waals surface area contributed by atoms with Crippen LogP contribution in [-0.2, 0) is 0 Å².